The van der Waals surface area contributed by atoms with Gasteiger partial charge in [0.15, 0.2) is 5.96 Å². The zero-order chi connectivity index (χ0) is 21.7. The summed E-state index contributed by atoms with van der Waals surface area (Å²) in [6, 6.07) is 0.504. The number of piperidine rings is 1. The molecule has 178 valence electrons. The van der Waals surface area contributed by atoms with Crippen molar-refractivity contribution < 1.29 is 21.6 Å². The number of halogens is 4. The van der Waals surface area contributed by atoms with Crippen LogP contribution in [-0.2, 0) is 10.0 Å². The molecule has 12 heteroatoms. The van der Waals surface area contributed by atoms with Crippen LogP contribution in [0.2, 0.25) is 0 Å². The number of guanidine groups is 1. The van der Waals surface area contributed by atoms with Gasteiger partial charge in [0, 0.05) is 45.8 Å². The zero-order valence-electron chi connectivity index (χ0n) is 18.0. The third-order valence-corrected chi connectivity index (χ3v) is 7.42. The lowest BCUT2D eigenvalue weighted by molar-refractivity contribution is -0.0496. The van der Waals surface area contributed by atoms with Gasteiger partial charge in [-0.2, -0.15) is 17.5 Å². The highest BCUT2D eigenvalue weighted by Gasteiger charge is 2.50. The second kappa shape index (κ2) is 12.0. The van der Waals surface area contributed by atoms with Crippen molar-refractivity contribution in [3.8, 4) is 0 Å². The van der Waals surface area contributed by atoms with E-state index >= 15 is 0 Å². The molecule has 0 amide bonds. The van der Waals surface area contributed by atoms with Crippen molar-refractivity contribution in [1.29, 1.82) is 0 Å². The number of likely N-dealkylation sites (tertiary alicyclic amines) is 1. The molecule has 0 aliphatic carbocycles. The Bertz CT molecular complexity index is 655. The van der Waals surface area contributed by atoms with Crippen LogP contribution in [0.3, 0.4) is 0 Å². The number of alkyl halides is 3. The van der Waals surface area contributed by atoms with E-state index in [4.69, 9.17) is 0 Å². The maximum Gasteiger partial charge on any atom is 0.511 e. The number of likely N-dealkylation sites (N-methyl/N-ethyl adjacent to an activating group) is 2. The van der Waals surface area contributed by atoms with E-state index in [0.29, 0.717) is 29.7 Å². The molecule has 2 saturated heterocycles. The van der Waals surface area contributed by atoms with Crippen LogP contribution in [0.15, 0.2) is 4.99 Å². The van der Waals surface area contributed by atoms with E-state index < -0.39 is 15.5 Å². The fraction of sp³-hybridized carbons (Fsp3) is 0.944. The Morgan fingerprint density at radius 1 is 1.17 bits per heavy atom. The van der Waals surface area contributed by atoms with Gasteiger partial charge in [0.2, 0.25) is 0 Å². The third-order valence-electron chi connectivity index (χ3n) is 5.79. The molecule has 0 aromatic rings. The Kier molecular flexibility index (Phi) is 11.1. The van der Waals surface area contributed by atoms with Crippen LogP contribution in [0.5, 0.6) is 0 Å². The van der Waals surface area contributed by atoms with Gasteiger partial charge >= 0.3 is 15.5 Å². The van der Waals surface area contributed by atoms with Gasteiger partial charge in [0.25, 0.3) is 0 Å². The first-order chi connectivity index (χ1) is 13.6. The monoisotopic (exact) mass is 569 g/mol. The van der Waals surface area contributed by atoms with Crippen LogP contribution >= 0.6 is 24.0 Å². The number of hydrogen-bond acceptors (Lipinski definition) is 4. The Hall–Kier alpha value is -0.340. The molecule has 2 fully saturated rings. The molecule has 0 aromatic carbocycles. The van der Waals surface area contributed by atoms with Crippen LogP contribution in [0.25, 0.3) is 0 Å². The molecule has 2 rings (SSSR count). The Morgan fingerprint density at radius 3 is 2.33 bits per heavy atom. The first-order valence-corrected chi connectivity index (χ1v) is 11.8. The predicted octanol–water partition coefficient (Wildman–Crippen LogP) is 2.55. The van der Waals surface area contributed by atoms with Crippen molar-refractivity contribution in [2.75, 3.05) is 52.9 Å². The molecule has 1 unspecified atom stereocenters. The van der Waals surface area contributed by atoms with Gasteiger partial charge in [-0.3, -0.25) is 9.89 Å². The Balaban J connectivity index is 0.00000450. The van der Waals surface area contributed by atoms with Gasteiger partial charge in [0.05, 0.1) is 0 Å². The minimum Gasteiger partial charge on any atom is -0.357 e. The van der Waals surface area contributed by atoms with Gasteiger partial charge in [-0.25, -0.2) is 8.42 Å². The molecule has 1 N–H and O–H groups in total. The number of sulfonamides is 1. The van der Waals surface area contributed by atoms with Crippen molar-refractivity contribution >= 4 is 40.0 Å². The third kappa shape index (κ3) is 7.09. The fourth-order valence-electron chi connectivity index (χ4n) is 4.08. The molecule has 0 bridgehead atoms. The number of aliphatic imine (C=N–C) groups is 1. The van der Waals surface area contributed by atoms with E-state index in [2.05, 4.69) is 27.0 Å². The van der Waals surface area contributed by atoms with Crippen LogP contribution in [0.1, 0.15) is 39.5 Å². The molecule has 7 nitrogen and oxygen atoms in total. The van der Waals surface area contributed by atoms with E-state index in [-0.39, 0.29) is 43.0 Å². The molecular formula is C18H35F3IN5O2S. The van der Waals surface area contributed by atoms with Crippen LogP contribution in [-0.4, -0.2) is 92.9 Å². The van der Waals surface area contributed by atoms with E-state index in [9.17, 15) is 21.6 Å². The maximum atomic E-state index is 12.7. The van der Waals surface area contributed by atoms with Crippen molar-refractivity contribution in [2.24, 2.45) is 10.9 Å². The quantitative estimate of drug-likeness (QED) is 0.290. The van der Waals surface area contributed by atoms with Crippen molar-refractivity contribution in [3.63, 3.8) is 0 Å². The number of nitrogens with one attached hydrogen (secondary N) is 1. The van der Waals surface area contributed by atoms with E-state index in [1.165, 1.54) is 12.8 Å². The minimum atomic E-state index is -5.23. The number of hydrogen-bond donors (Lipinski definition) is 1. The smallest absolute Gasteiger partial charge is 0.357 e. The van der Waals surface area contributed by atoms with Crippen LogP contribution in [0, 0.1) is 5.92 Å². The zero-order valence-corrected chi connectivity index (χ0v) is 21.1. The SMILES string of the molecule is CCNC(=NCC1CCN(S(=O)(=O)C(F)(F)F)CC1)N(C)CC1CCCN1CC.I. The maximum absolute atomic E-state index is 12.7. The van der Waals surface area contributed by atoms with Gasteiger partial charge in [-0.15, -0.1) is 24.0 Å². The number of nitrogens with zero attached hydrogens (tertiary/aromatic N) is 4. The van der Waals surface area contributed by atoms with Gasteiger partial charge < -0.3 is 10.2 Å². The van der Waals surface area contributed by atoms with Crippen molar-refractivity contribution in [1.82, 2.24) is 19.4 Å². The second-order valence-corrected chi connectivity index (χ2v) is 9.72. The van der Waals surface area contributed by atoms with Crippen LogP contribution < -0.4 is 5.32 Å². The molecule has 2 aliphatic rings. The van der Waals surface area contributed by atoms with Crippen molar-refractivity contribution in [3.05, 3.63) is 0 Å². The van der Waals surface area contributed by atoms with Gasteiger partial charge in [-0.05, 0) is 51.6 Å². The van der Waals surface area contributed by atoms with Crippen LogP contribution in [0.4, 0.5) is 13.2 Å². The molecule has 0 aromatic heterocycles. The van der Waals surface area contributed by atoms with Crippen molar-refractivity contribution in [2.45, 2.75) is 51.1 Å². The standard InChI is InChI=1S/C18H34F3N5O2S.HI/c1-4-22-17(24(3)14-16-7-6-10-25(16)5-2)23-13-15-8-11-26(12-9-15)29(27,28)18(19,20)21;/h15-16H,4-14H2,1-3H3,(H,22,23);1H. The summed E-state index contributed by atoms with van der Waals surface area (Å²) in [4.78, 5) is 9.27. The Labute approximate surface area is 195 Å². The molecule has 30 heavy (non-hydrogen) atoms. The summed E-state index contributed by atoms with van der Waals surface area (Å²) in [6.07, 6.45) is 3.14. The molecule has 2 heterocycles. The summed E-state index contributed by atoms with van der Waals surface area (Å²) in [6.45, 7) is 8.20. The first kappa shape index (κ1) is 27.7. The van der Waals surface area contributed by atoms with Gasteiger partial charge in [0.1, 0.15) is 0 Å². The molecule has 0 spiro atoms. The molecule has 0 radical (unpaired) electrons. The lowest BCUT2D eigenvalue weighted by Crippen LogP contribution is -2.46. The number of rotatable bonds is 7. The summed E-state index contributed by atoms with van der Waals surface area (Å²) >= 11 is 0. The van der Waals surface area contributed by atoms with Gasteiger partial charge in [-0.1, -0.05) is 6.92 Å². The summed E-state index contributed by atoms with van der Waals surface area (Å²) in [5.41, 5.74) is -5.23. The molecule has 0 saturated carbocycles. The normalized spacial score (nSPS) is 22.7. The lowest BCUT2D eigenvalue weighted by atomic mass is 9.98. The predicted molar refractivity (Wildman–Crippen MR) is 124 cm³/mol. The molecule has 1 atom stereocenters. The fourth-order valence-corrected chi connectivity index (χ4v) is 5.07. The average molecular weight is 569 g/mol. The highest BCUT2D eigenvalue weighted by molar-refractivity contribution is 14.0. The molecular weight excluding hydrogens is 534 g/mol. The Morgan fingerprint density at radius 2 is 1.80 bits per heavy atom. The summed E-state index contributed by atoms with van der Waals surface area (Å²) in [7, 11) is -3.22. The topological polar surface area (TPSA) is 68.2 Å². The van der Waals surface area contributed by atoms with E-state index in [1.54, 1.807) is 0 Å². The summed E-state index contributed by atoms with van der Waals surface area (Å²) < 4.78 is 61.7. The molecule has 2 aliphatic heterocycles. The largest absolute Gasteiger partial charge is 0.511 e. The summed E-state index contributed by atoms with van der Waals surface area (Å²) in [5, 5.41) is 3.28. The average Bonchev–Trinajstić information content (AvgIpc) is 3.11. The minimum absolute atomic E-state index is 0. The lowest BCUT2D eigenvalue weighted by Gasteiger charge is -2.32. The highest BCUT2D eigenvalue weighted by Crippen LogP contribution is 2.30. The highest BCUT2D eigenvalue weighted by atomic mass is 127. The second-order valence-electron chi connectivity index (χ2n) is 7.79. The first-order valence-electron chi connectivity index (χ1n) is 10.4. The van der Waals surface area contributed by atoms with E-state index in [1.807, 2.05) is 14.0 Å². The summed E-state index contributed by atoms with van der Waals surface area (Å²) in [5.74, 6) is 0.871. The van der Waals surface area contributed by atoms with E-state index in [0.717, 1.165) is 32.1 Å².